The molecule has 0 spiro atoms. The highest BCUT2D eigenvalue weighted by atomic mass is 79.9. The van der Waals surface area contributed by atoms with E-state index in [4.69, 9.17) is 9.47 Å². The molecule has 0 aromatic heterocycles. The van der Waals surface area contributed by atoms with Gasteiger partial charge < -0.3 is 14.8 Å². The fourth-order valence-corrected chi connectivity index (χ4v) is 2.05. The summed E-state index contributed by atoms with van der Waals surface area (Å²) in [5.41, 5.74) is 0. The molecule has 0 aliphatic carbocycles. The Morgan fingerprint density at radius 1 is 1.28 bits per heavy atom. The topological polar surface area (TPSA) is 30.5 Å². The van der Waals surface area contributed by atoms with E-state index in [0.29, 0.717) is 6.04 Å². The zero-order chi connectivity index (χ0) is 13.2. The Hall–Kier alpha value is -0.580. The second-order valence-electron chi connectivity index (χ2n) is 4.15. The molecule has 1 rings (SSSR count). The molecule has 102 valence electrons. The van der Waals surface area contributed by atoms with Gasteiger partial charge in [0, 0.05) is 17.6 Å². The van der Waals surface area contributed by atoms with Crippen molar-refractivity contribution in [3.05, 3.63) is 28.7 Å². The van der Waals surface area contributed by atoms with E-state index in [1.165, 1.54) is 0 Å². The molecule has 0 bridgehead atoms. The van der Waals surface area contributed by atoms with Crippen LogP contribution in [0.5, 0.6) is 5.75 Å². The van der Waals surface area contributed by atoms with Gasteiger partial charge in [-0.25, -0.2) is 0 Å². The maximum atomic E-state index is 5.68. The van der Waals surface area contributed by atoms with Crippen LogP contribution in [0, 0.1) is 0 Å². The lowest BCUT2D eigenvalue weighted by Gasteiger charge is -2.16. The van der Waals surface area contributed by atoms with Crippen LogP contribution in [0.4, 0.5) is 0 Å². The average molecular weight is 316 g/mol. The quantitative estimate of drug-likeness (QED) is 0.710. The highest BCUT2D eigenvalue weighted by Crippen LogP contribution is 2.16. The molecule has 0 amide bonds. The van der Waals surface area contributed by atoms with E-state index in [2.05, 4.69) is 28.2 Å². The summed E-state index contributed by atoms with van der Waals surface area (Å²) in [6.45, 7) is 4.59. The van der Waals surface area contributed by atoms with Gasteiger partial charge in [0.15, 0.2) is 0 Å². The highest BCUT2D eigenvalue weighted by Gasteiger charge is 2.06. The van der Waals surface area contributed by atoms with E-state index in [0.717, 1.165) is 42.8 Å². The van der Waals surface area contributed by atoms with Crippen molar-refractivity contribution in [1.29, 1.82) is 0 Å². The molecule has 18 heavy (non-hydrogen) atoms. The molecule has 0 radical (unpaired) electrons. The van der Waals surface area contributed by atoms with Crippen molar-refractivity contribution in [2.45, 2.75) is 25.8 Å². The highest BCUT2D eigenvalue weighted by molar-refractivity contribution is 9.10. The first-order chi connectivity index (χ1) is 8.76. The van der Waals surface area contributed by atoms with E-state index in [1.807, 2.05) is 24.3 Å². The summed E-state index contributed by atoms with van der Waals surface area (Å²) in [6.07, 6.45) is 2.09. The maximum absolute atomic E-state index is 5.68. The van der Waals surface area contributed by atoms with Gasteiger partial charge in [-0.1, -0.05) is 22.9 Å². The number of benzene rings is 1. The molecule has 1 atom stereocenters. The van der Waals surface area contributed by atoms with Gasteiger partial charge >= 0.3 is 0 Å². The van der Waals surface area contributed by atoms with Crippen LogP contribution in [0.15, 0.2) is 28.7 Å². The minimum atomic E-state index is 0.425. The van der Waals surface area contributed by atoms with E-state index in [1.54, 1.807) is 7.11 Å². The number of halogens is 1. The summed E-state index contributed by atoms with van der Waals surface area (Å²) >= 11 is 3.40. The average Bonchev–Trinajstić information content (AvgIpc) is 2.37. The molecule has 3 nitrogen and oxygen atoms in total. The fraction of sp³-hybridized carbons (Fsp3) is 0.571. The van der Waals surface area contributed by atoms with Crippen LogP contribution in [0.25, 0.3) is 0 Å². The summed E-state index contributed by atoms with van der Waals surface area (Å²) < 4.78 is 11.9. The molecule has 0 aliphatic heterocycles. The summed E-state index contributed by atoms with van der Waals surface area (Å²) in [5.74, 6) is 0.921. The standard InChI is InChI=1S/C14H22BrNO2/c1-3-16-13(11-17-2)5-4-10-18-14-8-6-12(15)7-9-14/h6-9,13,16H,3-5,10-11H2,1-2H3. The normalized spacial score (nSPS) is 12.4. The summed E-state index contributed by atoms with van der Waals surface area (Å²) in [7, 11) is 1.74. The van der Waals surface area contributed by atoms with E-state index >= 15 is 0 Å². The summed E-state index contributed by atoms with van der Waals surface area (Å²) in [5, 5.41) is 3.40. The largest absolute Gasteiger partial charge is 0.494 e. The maximum Gasteiger partial charge on any atom is 0.119 e. The smallest absolute Gasteiger partial charge is 0.119 e. The Labute approximate surface area is 118 Å². The van der Waals surface area contributed by atoms with Crippen molar-refractivity contribution in [3.8, 4) is 5.75 Å². The molecule has 4 heteroatoms. The molecule has 1 N–H and O–H groups in total. The molecule has 1 aromatic carbocycles. The molecular formula is C14H22BrNO2. The Bertz CT molecular complexity index is 310. The monoisotopic (exact) mass is 315 g/mol. The van der Waals surface area contributed by atoms with Gasteiger partial charge in [-0.05, 0) is 43.7 Å². The lowest BCUT2D eigenvalue weighted by molar-refractivity contribution is 0.159. The van der Waals surface area contributed by atoms with Crippen LogP contribution in [0.1, 0.15) is 19.8 Å². The zero-order valence-corrected chi connectivity index (χ0v) is 12.7. The second-order valence-corrected chi connectivity index (χ2v) is 5.07. The molecule has 1 unspecified atom stereocenters. The number of methoxy groups -OCH3 is 1. The van der Waals surface area contributed by atoms with E-state index in [-0.39, 0.29) is 0 Å². The molecule has 0 saturated carbocycles. The van der Waals surface area contributed by atoms with Gasteiger partial charge in [-0.3, -0.25) is 0 Å². The number of ether oxygens (including phenoxy) is 2. The van der Waals surface area contributed by atoms with Gasteiger partial charge in [-0.2, -0.15) is 0 Å². The molecular weight excluding hydrogens is 294 g/mol. The molecule has 0 aliphatic rings. The fourth-order valence-electron chi connectivity index (χ4n) is 1.78. The predicted octanol–water partition coefficient (Wildman–Crippen LogP) is 3.23. The van der Waals surface area contributed by atoms with Gasteiger partial charge in [0.2, 0.25) is 0 Å². The lowest BCUT2D eigenvalue weighted by atomic mass is 10.2. The van der Waals surface area contributed by atoms with Crippen molar-refractivity contribution >= 4 is 15.9 Å². The Morgan fingerprint density at radius 3 is 2.61 bits per heavy atom. The number of likely N-dealkylation sites (N-methyl/N-ethyl adjacent to an activating group) is 1. The van der Waals surface area contributed by atoms with E-state index < -0.39 is 0 Å². The van der Waals surface area contributed by atoms with Crippen LogP contribution in [-0.2, 0) is 4.74 Å². The van der Waals surface area contributed by atoms with Gasteiger partial charge in [0.05, 0.1) is 13.2 Å². The van der Waals surface area contributed by atoms with Crippen molar-refractivity contribution in [2.24, 2.45) is 0 Å². The van der Waals surface area contributed by atoms with Crippen molar-refractivity contribution < 1.29 is 9.47 Å². The lowest BCUT2D eigenvalue weighted by Crippen LogP contribution is -2.33. The van der Waals surface area contributed by atoms with Crippen LogP contribution in [0.2, 0.25) is 0 Å². The number of hydrogen-bond acceptors (Lipinski definition) is 3. The minimum absolute atomic E-state index is 0.425. The van der Waals surface area contributed by atoms with Crippen LogP contribution < -0.4 is 10.1 Å². The van der Waals surface area contributed by atoms with E-state index in [9.17, 15) is 0 Å². The molecule has 0 fully saturated rings. The Morgan fingerprint density at radius 2 is 2.00 bits per heavy atom. The van der Waals surface area contributed by atoms with Gasteiger partial charge in [0.25, 0.3) is 0 Å². The molecule has 1 aromatic rings. The SMILES string of the molecule is CCNC(CCCOc1ccc(Br)cc1)COC. The number of hydrogen-bond donors (Lipinski definition) is 1. The summed E-state index contributed by atoms with van der Waals surface area (Å²) in [6, 6.07) is 8.35. The first-order valence-corrected chi connectivity index (χ1v) is 7.16. The Balaban J connectivity index is 2.18. The Kier molecular flexibility index (Phi) is 8.05. The summed E-state index contributed by atoms with van der Waals surface area (Å²) in [4.78, 5) is 0. The second kappa shape index (κ2) is 9.36. The first-order valence-electron chi connectivity index (χ1n) is 6.37. The van der Waals surface area contributed by atoms with Crippen molar-refractivity contribution in [1.82, 2.24) is 5.32 Å². The van der Waals surface area contributed by atoms with Crippen molar-refractivity contribution in [3.63, 3.8) is 0 Å². The third-order valence-electron chi connectivity index (χ3n) is 2.64. The first kappa shape index (κ1) is 15.5. The predicted molar refractivity (Wildman–Crippen MR) is 78.2 cm³/mol. The van der Waals surface area contributed by atoms with Gasteiger partial charge in [0.1, 0.15) is 5.75 Å². The zero-order valence-electron chi connectivity index (χ0n) is 11.1. The number of rotatable bonds is 9. The minimum Gasteiger partial charge on any atom is -0.494 e. The van der Waals surface area contributed by atoms with Crippen LogP contribution in [-0.4, -0.2) is 32.9 Å². The third-order valence-corrected chi connectivity index (χ3v) is 3.17. The van der Waals surface area contributed by atoms with Gasteiger partial charge in [-0.15, -0.1) is 0 Å². The van der Waals surface area contributed by atoms with Crippen LogP contribution in [0.3, 0.4) is 0 Å². The molecule has 0 heterocycles. The third kappa shape index (κ3) is 6.38. The molecule has 0 saturated heterocycles. The van der Waals surface area contributed by atoms with Crippen LogP contribution >= 0.6 is 15.9 Å². The number of nitrogens with one attached hydrogen (secondary N) is 1. The van der Waals surface area contributed by atoms with Crippen molar-refractivity contribution in [2.75, 3.05) is 26.9 Å².